The van der Waals surface area contributed by atoms with Gasteiger partial charge in [-0.3, -0.25) is 4.79 Å². The summed E-state index contributed by atoms with van der Waals surface area (Å²) in [5, 5.41) is 2.90. The molecule has 0 aliphatic rings. The van der Waals surface area contributed by atoms with Crippen molar-refractivity contribution >= 4 is 15.7 Å². The molecule has 0 bridgehead atoms. The van der Waals surface area contributed by atoms with Crippen LogP contribution in [0.15, 0.2) is 107 Å². The predicted molar refractivity (Wildman–Crippen MR) is 124 cm³/mol. The molecule has 4 aromatic rings. The number of rotatable bonds is 7. The fourth-order valence-electron chi connectivity index (χ4n) is 3.50. The monoisotopic (exact) mass is 445 g/mol. The molecule has 162 valence electrons. The second-order valence-electron chi connectivity index (χ2n) is 7.53. The lowest BCUT2D eigenvalue weighted by Gasteiger charge is -2.15. The van der Waals surface area contributed by atoms with Crippen molar-refractivity contribution in [1.29, 1.82) is 0 Å². The van der Waals surface area contributed by atoms with Gasteiger partial charge in [0, 0.05) is 5.56 Å². The molecule has 1 N–H and O–H groups in total. The summed E-state index contributed by atoms with van der Waals surface area (Å²) in [5.74, 6) is -0.749. The normalized spacial score (nSPS) is 12.3. The lowest BCUT2D eigenvalue weighted by atomic mass is 10.0. The third-order valence-electron chi connectivity index (χ3n) is 5.27. The zero-order chi connectivity index (χ0) is 22.6. The molecule has 0 radical (unpaired) electrons. The predicted octanol–water partition coefficient (Wildman–Crippen LogP) is 5.41. The van der Waals surface area contributed by atoms with Crippen molar-refractivity contribution in [3.05, 3.63) is 114 Å². The number of benzene rings is 3. The van der Waals surface area contributed by atoms with Crippen LogP contribution < -0.4 is 5.32 Å². The van der Waals surface area contributed by atoms with E-state index in [9.17, 15) is 13.2 Å². The largest absolute Gasteiger partial charge is 0.459 e. The summed E-state index contributed by atoms with van der Waals surface area (Å²) in [6.45, 7) is 1.87. The third-order valence-corrected chi connectivity index (χ3v) is 6.95. The molecule has 0 fully saturated rings. The maximum absolute atomic E-state index is 12.8. The van der Waals surface area contributed by atoms with Gasteiger partial charge in [0.25, 0.3) is 5.91 Å². The SMILES string of the molecule is CC(NC(=O)c1occc1CS(=O)(=O)c1ccccc1)c1ccc(-c2ccccc2)cc1. The number of nitrogens with one attached hydrogen (secondary N) is 1. The van der Waals surface area contributed by atoms with Crippen LogP contribution in [0.3, 0.4) is 0 Å². The van der Waals surface area contributed by atoms with Gasteiger partial charge in [-0.1, -0.05) is 72.8 Å². The second kappa shape index (κ2) is 9.24. The van der Waals surface area contributed by atoms with Gasteiger partial charge in [-0.2, -0.15) is 0 Å². The zero-order valence-corrected chi connectivity index (χ0v) is 18.4. The number of amides is 1. The molecule has 5 nitrogen and oxygen atoms in total. The maximum Gasteiger partial charge on any atom is 0.287 e. The highest BCUT2D eigenvalue weighted by molar-refractivity contribution is 7.90. The minimum Gasteiger partial charge on any atom is -0.459 e. The van der Waals surface area contributed by atoms with Crippen LogP contribution in [0.1, 0.15) is 34.6 Å². The molecule has 1 amide bonds. The highest BCUT2D eigenvalue weighted by atomic mass is 32.2. The molecule has 1 unspecified atom stereocenters. The van der Waals surface area contributed by atoms with E-state index in [4.69, 9.17) is 4.42 Å². The van der Waals surface area contributed by atoms with E-state index >= 15 is 0 Å². The summed E-state index contributed by atoms with van der Waals surface area (Å²) in [6, 6.07) is 27.4. The van der Waals surface area contributed by atoms with Gasteiger partial charge in [-0.15, -0.1) is 0 Å². The molecule has 32 heavy (non-hydrogen) atoms. The number of hydrogen-bond donors (Lipinski definition) is 1. The van der Waals surface area contributed by atoms with Crippen LogP contribution in [0.2, 0.25) is 0 Å². The Hall–Kier alpha value is -3.64. The summed E-state index contributed by atoms with van der Waals surface area (Å²) >= 11 is 0. The van der Waals surface area contributed by atoms with Crippen molar-refractivity contribution in [3.63, 3.8) is 0 Å². The quantitative estimate of drug-likeness (QED) is 0.413. The van der Waals surface area contributed by atoms with E-state index < -0.39 is 15.7 Å². The minimum atomic E-state index is -3.59. The summed E-state index contributed by atoms with van der Waals surface area (Å²) < 4.78 is 30.7. The van der Waals surface area contributed by atoms with Crippen LogP contribution in [0.5, 0.6) is 0 Å². The van der Waals surface area contributed by atoms with Crippen molar-refractivity contribution in [1.82, 2.24) is 5.32 Å². The van der Waals surface area contributed by atoms with Crippen LogP contribution in [0.4, 0.5) is 0 Å². The number of hydrogen-bond acceptors (Lipinski definition) is 4. The van der Waals surface area contributed by atoms with Gasteiger partial charge in [0.2, 0.25) is 0 Å². The number of furan rings is 1. The molecular weight excluding hydrogens is 422 g/mol. The molecule has 3 aromatic carbocycles. The fraction of sp³-hybridized carbons (Fsp3) is 0.115. The van der Waals surface area contributed by atoms with E-state index in [2.05, 4.69) is 5.32 Å². The van der Waals surface area contributed by atoms with Crippen LogP contribution in [-0.2, 0) is 15.6 Å². The lowest BCUT2D eigenvalue weighted by molar-refractivity contribution is 0.0911. The molecule has 0 saturated carbocycles. The van der Waals surface area contributed by atoms with Crippen LogP contribution in [0, 0.1) is 0 Å². The Kier molecular flexibility index (Phi) is 6.23. The Labute approximate surface area is 187 Å². The molecule has 1 aromatic heterocycles. The molecule has 4 rings (SSSR count). The van der Waals surface area contributed by atoms with E-state index in [0.29, 0.717) is 5.56 Å². The first kappa shape index (κ1) is 21.6. The average Bonchev–Trinajstić information content (AvgIpc) is 3.28. The minimum absolute atomic E-state index is 0.0114. The first-order chi connectivity index (χ1) is 15.4. The Morgan fingerprint density at radius 1 is 0.844 bits per heavy atom. The van der Waals surface area contributed by atoms with Crippen LogP contribution >= 0.6 is 0 Å². The van der Waals surface area contributed by atoms with E-state index in [1.54, 1.807) is 18.2 Å². The molecule has 6 heteroatoms. The summed E-state index contributed by atoms with van der Waals surface area (Å²) in [4.78, 5) is 13.0. The molecule has 1 atom stereocenters. The molecule has 0 aliphatic heterocycles. The molecule has 0 spiro atoms. The summed E-state index contributed by atoms with van der Waals surface area (Å²) in [6.07, 6.45) is 1.34. The van der Waals surface area contributed by atoms with Gasteiger partial charge in [0.15, 0.2) is 15.6 Å². The summed E-state index contributed by atoms with van der Waals surface area (Å²) in [5.41, 5.74) is 3.48. The molecule has 0 aliphatic carbocycles. The van der Waals surface area contributed by atoms with E-state index in [1.807, 2.05) is 61.5 Å². The molecular formula is C26H23NO4S. The van der Waals surface area contributed by atoms with E-state index in [1.165, 1.54) is 24.5 Å². The van der Waals surface area contributed by atoms with Crippen molar-refractivity contribution < 1.29 is 17.6 Å². The third kappa shape index (κ3) is 4.81. The molecule has 0 saturated heterocycles. The topological polar surface area (TPSA) is 76.4 Å². The first-order valence-electron chi connectivity index (χ1n) is 10.2. The first-order valence-corrected chi connectivity index (χ1v) is 11.9. The number of sulfone groups is 1. The van der Waals surface area contributed by atoms with Gasteiger partial charge in [0.05, 0.1) is 23.0 Å². The van der Waals surface area contributed by atoms with Gasteiger partial charge >= 0.3 is 0 Å². The highest BCUT2D eigenvalue weighted by Gasteiger charge is 2.23. The second-order valence-corrected chi connectivity index (χ2v) is 9.52. The summed E-state index contributed by atoms with van der Waals surface area (Å²) in [7, 11) is -3.59. The highest BCUT2D eigenvalue weighted by Crippen LogP contribution is 2.23. The number of carbonyl (C=O) groups excluding carboxylic acids is 1. The van der Waals surface area contributed by atoms with E-state index in [-0.39, 0.29) is 22.5 Å². The fourth-order valence-corrected chi connectivity index (χ4v) is 4.88. The Morgan fingerprint density at radius 2 is 1.44 bits per heavy atom. The Balaban J connectivity index is 1.46. The van der Waals surface area contributed by atoms with E-state index in [0.717, 1.165) is 16.7 Å². The van der Waals surface area contributed by atoms with Gasteiger partial charge in [0.1, 0.15) is 0 Å². The molecule has 1 heterocycles. The van der Waals surface area contributed by atoms with Crippen molar-refractivity contribution in [2.75, 3.05) is 0 Å². The van der Waals surface area contributed by atoms with Crippen LogP contribution in [-0.4, -0.2) is 14.3 Å². The van der Waals surface area contributed by atoms with Crippen LogP contribution in [0.25, 0.3) is 11.1 Å². The van der Waals surface area contributed by atoms with Crippen molar-refractivity contribution in [2.45, 2.75) is 23.6 Å². The maximum atomic E-state index is 12.8. The standard InChI is InChI=1S/C26H23NO4S/c1-19(20-12-14-22(15-13-20)21-8-4-2-5-9-21)27-26(28)25-23(16-17-31-25)18-32(29,30)24-10-6-3-7-11-24/h2-17,19H,18H2,1H3,(H,27,28). The zero-order valence-electron chi connectivity index (χ0n) is 17.6. The Bertz CT molecular complexity index is 1290. The van der Waals surface area contributed by atoms with Gasteiger partial charge in [-0.05, 0) is 41.8 Å². The smallest absolute Gasteiger partial charge is 0.287 e. The average molecular weight is 446 g/mol. The lowest BCUT2D eigenvalue weighted by Crippen LogP contribution is -2.27. The Morgan fingerprint density at radius 3 is 2.09 bits per heavy atom. The van der Waals surface area contributed by atoms with Crippen molar-refractivity contribution in [2.24, 2.45) is 0 Å². The van der Waals surface area contributed by atoms with Crippen molar-refractivity contribution in [3.8, 4) is 11.1 Å². The number of carbonyl (C=O) groups is 1. The van der Waals surface area contributed by atoms with Gasteiger partial charge in [-0.25, -0.2) is 8.42 Å². The van der Waals surface area contributed by atoms with Gasteiger partial charge < -0.3 is 9.73 Å².